The first-order valence-corrected chi connectivity index (χ1v) is 21.4. The predicted molar refractivity (Wildman–Crippen MR) is 215 cm³/mol. The maximum absolute atomic E-state index is 12.1. The number of aliphatic hydroxyl groups is 1. The summed E-state index contributed by atoms with van der Waals surface area (Å²) < 4.78 is 26.8. The number of hydrogen-bond donors (Lipinski definition) is 3. The number of ether oxygens (including phenoxy) is 1. The Balaban J connectivity index is 3.73. The molecule has 2 unspecified atom stereocenters. The fourth-order valence-corrected chi connectivity index (χ4v) is 5.64. The molecule has 0 aromatic rings. The zero-order valence-corrected chi connectivity index (χ0v) is 33.4. The first-order valence-electron chi connectivity index (χ1n) is 19.9. The van der Waals surface area contributed by atoms with Crippen molar-refractivity contribution in [2.45, 2.75) is 155 Å². The number of carbonyl (C=O) groups excluding carboxylic acids is 2. The minimum absolute atomic E-state index is 0.0465. The summed E-state index contributed by atoms with van der Waals surface area (Å²) >= 11 is 0. The molecule has 0 rings (SSSR count). The van der Waals surface area contributed by atoms with E-state index in [0.29, 0.717) is 12.8 Å². The maximum Gasteiger partial charge on any atom is 0.472 e. The van der Waals surface area contributed by atoms with Crippen LogP contribution in [0.25, 0.3) is 0 Å². The average molecular weight is 750 g/mol. The van der Waals surface area contributed by atoms with Crippen LogP contribution in [0.4, 0.5) is 0 Å². The van der Waals surface area contributed by atoms with E-state index in [4.69, 9.17) is 13.8 Å². The second-order valence-corrected chi connectivity index (χ2v) is 14.3. The van der Waals surface area contributed by atoms with Crippen molar-refractivity contribution in [3.63, 3.8) is 0 Å². The molecule has 0 saturated carbocycles. The van der Waals surface area contributed by atoms with Gasteiger partial charge >= 0.3 is 13.8 Å². The number of esters is 1. The van der Waals surface area contributed by atoms with E-state index in [2.05, 4.69) is 92.1 Å². The zero-order valence-electron chi connectivity index (χ0n) is 32.5. The van der Waals surface area contributed by atoms with Gasteiger partial charge in [0.1, 0.15) is 12.7 Å². The van der Waals surface area contributed by atoms with Gasteiger partial charge in [-0.1, -0.05) is 132 Å². The molecule has 9 nitrogen and oxygen atoms in total. The fraction of sp³-hybridized carbons (Fsp3) is 0.667. The number of phosphoric ester groups is 1. The lowest BCUT2D eigenvalue weighted by Crippen LogP contribution is -2.27. The molecule has 0 aliphatic heterocycles. The van der Waals surface area contributed by atoms with E-state index in [0.717, 1.165) is 77.0 Å². The van der Waals surface area contributed by atoms with Gasteiger partial charge in [-0.15, -0.1) is 0 Å². The van der Waals surface area contributed by atoms with Gasteiger partial charge in [-0.3, -0.25) is 18.6 Å². The molecule has 0 radical (unpaired) electrons. The smallest absolute Gasteiger partial charge is 0.463 e. The third-order valence-corrected chi connectivity index (χ3v) is 8.85. The van der Waals surface area contributed by atoms with E-state index >= 15 is 0 Å². The normalized spacial score (nSPS) is 14.2. The maximum atomic E-state index is 12.1. The lowest BCUT2D eigenvalue weighted by molar-refractivity contribution is -0.147. The molecule has 0 heterocycles. The van der Waals surface area contributed by atoms with E-state index in [1.807, 2.05) is 0 Å². The van der Waals surface area contributed by atoms with Crippen molar-refractivity contribution in [3.8, 4) is 0 Å². The monoisotopic (exact) mass is 749 g/mol. The number of nitrogens with one attached hydrogen (secondary N) is 1. The van der Waals surface area contributed by atoms with Crippen LogP contribution in [-0.4, -0.2) is 54.3 Å². The number of hydrogen-bond acceptors (Lipinski definition) is 7. The number of rotatable bonds is 36. The molecule has 0 saturated heterocycles. The van der Waals surface area contributed by atoms with Gasteiger partial charge in [0.25, 0.3) is 0 Å². The van der Waals surface area contributed by atoms with Gasteiger partial charge in [-0.25, -0.2) is 4.57 Å². The first-order chi connectivity index (χ1) is 25.3. The van der Waals surface area contributed by atoms with Crippen LogP contribution in [0.3, 0.4) is 0 Å². The molecule has 0 aliphatic carbocycles. The van der Waals surface area contributed by atoms with E-state index in [-0.39, 0.29) is 32.1 Å². The summed E-state index contributed by atoms with van der Waals surface area (Å²) in [5.74, 6) is -0.591. The van der Waals surface area contributed by atoms with Crippen LogP contribution in [0.15, 0.2) is 72.9 Å². The van der Waals surface area contributed by atoms with Crippen LogP contribution in [0.2, 0.25) is 0 Å². The molecule has 3 N–H and O–H groups in total. The Bertz CT molecular complexity index is 1080. The molecule has 10 heteroatoms. The standard InChI is InChI=1S/C42H72NO8P/c1-3-5-7-9-11-13-15-17-19-20-21-22-24-26-28-30-32-34-41(45)43-36-37-50-52(47,48)51-39-40(44)38-49-42(46)35-33-31-29-27-25-23-18-16-14-12-10-8-6-4-2/h5,7,11,13,16-19,21-22,26,28,40,44H,3-4,6,8-10,12,14-15,20,23-25,27,29-39H2,1-2H3,(H,43,45)(H,47,48)/b7-5-,13-11-,18-16-,19-17-,22-21-,28-26-. The minimum Gasteiger partial charge on any atom is -0.463 e. The lowest BCUT2D eigenvalue weighted by Gasteiger charge is -2.15. The van der Waals surface area contributed by atoms with Gasteiger partial charge in [0.2, 0.25) is 5.91 Å². The van der Waals surface area contributed by atoms with Gasteiger partial charge in [-0.2, -0.15) is 0 Å². The molecular formula is C42H72NO8P. The van der Waals surface area contributed by atoms with E-state index in [1.54, 1.807) is 0 Å². The second-order valence-electron chi connectivity index (χ2n) is 12.9. The summed E-state index contributed by atoms with van der Waals surface area (Å²) in [5.41, 5.74) is 0. The summed E-state index contributed by atoms with van der Waals surface area (Å²) in [6, 6.07) is 0. The Morgan fingerprint density at radius 3 is 1.71 bits per heavy atom. The topological polar surface area (TPSA) is 131 Å². The predicted octanol–water partition coefficient (Wildman–Crippen LogP) is 10.7. The SMILES string of the molecule is CC/C=C\C/C=C\C/C=C\C/C=C\C/C=C\CCCC(=O)NCCOP(=O)(O)OCC(O)COC(=O)CCCCCCC/C=C\CCCCCCC. The Morgan fingerprint density at radius 1 is 0.615 bits per heavy atom. The highest BCUT2D eigenvalue weighted by Gasteiger charge is 2.23. The van der Waals surface area contributed by atoms with Crippen molar-refractivity contribution in [3.05, 3.63) is 72.9 Å². The van der Waals surface area contributed by atoms with Crippen LogP contribution < -0.4 is 5.32 Å². The van der Waals surface area contributed by atoms with Crippen LogP contribution in [0.1, 0.15) is 149 Å². The molecule has 298 valence electrons. The molecule has 52 heavy (non-hydrogen) atoms. The number of amides is 1. The van der Waals surface area contributed by atoms with Gasteiger partial charge in [0.05, 0.1) is 13.2 Å². The molecule has 0 spiro atoms. The van der Waals surface area contributed by atoms with Crippen molar-refractivity contribution in [2.75, 3.05) is 26.4 Å². The number of unbranched alkanes of at least 4 members (excludes halogenated alkanes) is 11. The number of aliphatic hydroxyl groups excluding tert-OH is 1. The number of carbonyl (C=O) groups is 2. The van der Waals surface area contributed by atoms with E-state index in [1.165, 1.54) is 38.5 Å². The Morgan fingerprint density at radius 2 is 1.12 bits per heavy atom. The molecule has 0 aliphatic rings. The molecule has 0 aromatic heterocycles. The highest BCUT2D eigenvalue weighted by molar-refractivity contribution is 7.47. The highest BCUT2D eigenvalue weighted by atomic mass is 31.2. The molecule has 0 aromatic carbocycles. The molecular weight excluding hydrogens is 677 g/mol. The third kappa shape index (κ3) is 38.7. The van der Waals surface area contributed by atoms with Crippen LogP contribution in [0.5, 0.6) is 0 Å². The van der Waals surface area contributed by atoms with Crippen molar-refractivity contribution < 1.29 is 37.9 Å². The van der Waals surface area contributed by atoms with Crippen molar-refractivity contribution in [2.24, 2.45) is 0 Å². The Kier molecular flexibility index (Phi) is 36.3. The van der Waals surface area contributed by atoms with Crippen LogP contribution >= 0.6 is 7.82 Å². The van der Waals surface area contributed by atoms with Crippen LogP contribution in [0, 0.1) is 0 Å². The van der Waals surface area contributed by atoms with Crippen molar-refractivity contribution >= 4 is 19.7 Å². The highest BCUT2D eigenvalue weighted by Crippen LogP contribution is 2.42. The minimum atomic E-state index is -4.43. The third-order valence-electron chi connectivity index (χ3n) is 7.87. The first kappa shape index (κ1) is 49.5. The van der Waals surface area contributed by atoms with Crippen molar-refractivity contribution in [1.82, 2.24) is 5.32 Å². The average Bonchev–Trinajstić information content (AvgIpc) is 3.13. The van der Waals surface area contributed by atoms with Crippen LogP contribution in [-0.2, 0) is 27.9 Å². The van der Waals surface area contributed by atoms with Gasteiger partial charge in [0.15, 0.2) is 0 Å². The molecule has 2 atom stereocenters. The summed E-state index contributed by atoms with van der Waals surface area (Å²) in [7, 11) is -4.43. The summed E-state index contributed by atoms with van der Waals surface area (Å²) in [5, 5.41) is 12.6. The summed E-state index contributed by atoms with van der Waals surface area (Å²) in [6.07, 6.45) is 45.5. The quantitative estimate of drug-likeness (QED) is 0.0250. The van der Waals surface area contributed by atoms with Crippen molar-refractivity contribution in [1.29, 1.82) is 0 Å². The lowest BCUT2D eigenvalue weighted by atomic mass is 10.1. The Hall–Kier alpha value is -2.55. The Labute approximate surface area is 316 Å². The van der Waals surface area contributed by atoms with E-state index in [9.17, 15) is 24.2 Å². The zero-order chi connectivity index (χ0) is 38.2. The number of allylic oxidation sites excluding steroid dienone is 12. The number of phosphoric acid groups is 1. The van der Waals surface area contributed by atoms with E-state index < -0.39 is 26.5 Å². The van der Waals surface area contributed by atoms with Gasteiger partial charge in [-0.05, 0) is 77.0 Å². The molecule has 0 bridgehead atoms. The van der Waals surface area contributed by atoms with Gasteiger partial charge < -0.3 is 20.1 Å². The molecule has 0 fully saturated rings. The largest absolute Gasteiger partial charge is 0.472 e. The summed E-state index contributed by atoms with van der Waals surface area (Å²) in [4.78, 5) is 33.8. The fourth-order valence-electron chi connectivity index (χ4n) is 4.88. The van der Waals surface area contributed by atoms with Gasteiger partial charge in [0, 0.05) is 19.4 Å². The second kappa shape index (κ2) is 38.2. The summed E-state index contributed by atoms with van der Waals surface area (Å²) in [6.45, 7) is 3.32. The molecule has 1 amide bonds.